The molecule has 0 unspecified atom stereocenters. The van der Waals surface area contributed by atoms with Gasteiger partial charge in [-0.15, -0.1) is 0 Å². The molecule has 0 amide bonds. The van der Waals surface area contributed by atoms with Crippen molar-refractivity contribution in [3.05, 3.63) is 60.8 Å². The first-order valence-electron chi connectivity index (χ1n) is 8.19. The van der Waals surface area contributed by atoms with Gasteiger partial charge in [0.2, 0.25) is 0 Å². The van der Waals surface area contributed by atoms with Crippen molar-refractivity contribution in [1.29, 1.82) is 0 Å². The van der Waals surface area contributed by atoms with E-state index in [4.69, 9.17) is 5.11 Å². The summed E-state index contributed by atoms with van der Waals surface area (Å²) in [5.41, 5.74) is 0. The van der Waals surface area contributed by atoms with Crippen molar-refractivity contribution in [1.82, 2.24) is 0 Å². The molecule has 0 aliphatic rings. The fourth-order valence-corrected chi connectivity index (χ4v) is 1.70. The highest BCUT2D eigenvalue weighted by atomic mass is 16.4. The highest BCUT2D eigenvalue weighted by Crippen LogP contribution is 1.98. The van der Waals surface area contributed by atoms with Crippen LogP contribution in [0, 0.1) is 0 Å². The van der Waals surface area contributed by atoms with Gasteiger partial charge in [0.05, 0.1) is 0 Å². The van der Waals surface area contributed by atoms with Crippen LogP contribution in [0.3, 0.4) is 0 Å². The third kappa shape index (κ3) is 17.8. The van der Waals surface area contributed by atoms with Gasteiger partial charge in [0.15, 0.2) is 5.78 Å². The van der Waals surface area contributed by atoms with E-state index in [1.807, 2.05) is 12.2 Å². The van der Waals surface area contributed by atoms with Crippen LogP contribution in [-0.4, -0.2) is 16.9 Å². The third-order valence-corrected chi connectivity index (χ3v) is 2.90. The van der Waals surface area contributed by atoms with Gasteiger partial charge in [0.25, 0.3) is 0 Å². The van der Waals surface area contributed by atoms with Crippen LogP contribution in [-0.2, 0) is 9.59 Å². The van der Waals surface area contributed by atoms with Crippen LogP contribution < -0.4 is 0 Å². The summed E-state index contributed by atoms with van der Waals surface area (Å²) in [6, 6.07) is 0. The molecular weight excluding hydrogens is 288 g/mol. The quantitative estimate of drug-likeness (QED) is 0.290. The van der Waals surface area contributed by atoms with Crippen molar-refractivity contribution in [2.24, 2.45) is 0 Å². The molecule has 0 atom stereocenters. The smallest absolute Gasteiger partial charge is 0.303 e. The zero-order valence-electron chi connectivity index (χ0n) is 14.0. The van der Waals surface area contributed by atoms with Crippen LogP contribution >= 0.6 is 0 Å². The van der Waals surface area contributed by atoms with Crippen LogP contribution in [0.25, 0.3) is 0 Å². The van der Waals surface area contributed by atoms with Gasteiger partial charge >= 0.3 is 5.97 Å². The SMILES string of the molecule is CC/C=C\C/C=C\C/C=C\C/C=C\C=C\C(=O)CCCC(=O)O. The molecule has 0 aromatic heterocycles. The molecule has 0 radical (unpaired) electrons. The molecule has 0 bridgehead atoms. The lowest BCUT2D eigenvalue weighted by Gasteiger charge is -1.92. The summed E-state index contributed by atoms with van der Waals surface area (Å²) in [4.78, 5) is 21.7. The van der Waals surface area contributed by atoms with E-state index in [2.05, 4.69) is 43.4 Å². The van der Waals surface area contributed by atoms with Gasteiger partial charge in [0.1, 0.15) is 0 Å². The maximum Gasteiger partial charge on any atom is 0.303 e. The number of carbonyl (C=O) groups excluding carboxylic acids is 1. The molecule has 0 rings (SSSR count). The first-order valence-corrected chi connectivity index (χ1v) is 8.19. The van der Waals surface area contributed by atoms with Crippen molar-refractivity contribution in [2.75, 3.05) is 0 Å². The molecule has 0 aliphatic heterocycles. The molecule has 3 heteroatoms. The maximum atomic E-state index is 11.4. The van der Waals surface area contributed by atoms with Crippen molar-refractivity contribution in [3.8, 4) is 0 Å². The van der Waals surface area contributed by atoms with Crippen molar-refractivity contribution in [3.63, 3.8) is 0 Å². The lowest BCUT2D eigenvalue weighted by molar-refractivity contribution is -0.137. The molecule has 3 nitrogen and oxygen atoms in total. The Balaban J connectivity index is 3.67. The Hall–Kier alpha value is -2.16. The lowest BCUT2D eigenvalue weighted by atomic mass is 10.1. The standard InChI is InChI=1S/C20H28O3/c1-2-3-4-5-6-7-8-9-10-11-12-13-14-16-19(21)17-15-18-20(22)23/h3-4,6-7,9-10,12-14,16H,2,5,8,11,15,17-18H2,1H3,(H,22,23)/b4-3-,7-6-,10-9-,13-12-,16-14+. The number of hydrogen-bond donors (Lipinski definition) is 1. The Morgan fingerprint density at radius 2 is 1.35 bits per heavy atom. The molecule has 0 aromatic rings. The molecule has 0 spiro atoms. The average Bonchev–Trinajstić information content (AvgIpc) is 2.51. The average molecular weight is 316 g/mol. The Labute approximate surface area is 139 Å². The van der Waals surface area contributed by atoms with E-state index in [1.165, 1.54) is 6.08 Å². The number of aliphatic carboxylic acids is 1. The summed E-state index contributed by atoms with van der Waals surface area (Å²) in [6.45, 7) is 2.13. The molecule has 0 aliphatic carbocycles. The monoisotopic (exact) mass is 316 g/mol. The van der Waals surface area contributed by atoms with Gasteiger partial charge in [-0.05, 0) is 38.2 Å². The van der Waals surface area contributed by atoms with Gasteiger partial charge in [0, 0.05) is 12.8 Å². The number of carbonyl (C=O) groups is 2. The largest absolute Gasteiger partial charge is 0.481 e. The van der Waals surface area contributed by atoms with Crippen LogP contribution in [0.4, 0.5) is 0 Å². The molecule has 0 fully saturated rings. The second-order valence-corrected chi connectivity index (χ2v) is 5.03. The Morgan fingerprint density at radius 1 is 0.783 bits per heavy atom. The van der Waals surface area contributed by atoms with Crippen LogP contribution in [0.1, 0.15) is 51.9 Å². The predicted molar refractivity (Wildman–Crippen MR) is 96.3 cm³/mol. The summed E-state index contributed by atoms with van der Waals surface area (Å²) < 4.78 is 0. The van der Waals surface area contributed by atoms with Gasteiger partial charge in [-0.2, -0.15) is 0 Å². The van der Waals surface area contributed by atoms with E-state index in [0.717, 1.165) is 25.7 Å². The number of hydrogen-bond acceptors (Lipinski definition) is 2. The first kappa shape index (κ1) is 20.8. The second-order valence-electron chi connectivity index (χ2n) is 5.03. The van der Waals surface area contributed by atoms with E-state index in [1.54, 1.807) is 6.08 Å². The third-order valence-electron chi connectivity index (χ3n) is 2.90. The van der Waals surface area contributed by atoms with Gasteiger partial charge in [-0.25, -0.2) is 0 Å². The number of carboxylic acid groups (broad SMARTS) is 1. The van der Waals surface area contributed by atoms with Gasteiger partial charge in [-0.3, -0.25) is 9.59 Å². The summed E-state index contributed by atoms with van der Waals surface area (Å²) >= 11 is 0. The molecule has 23 heavy (non-hydrogen) atoms. The van der Waals surface area contributed by atoms with E-state index in [9.17, 15) is 9.59 Å². The Kier molecular flexibility index (Phi) is 14.7. The molecule has 1 N–H and O–H groups in total. The number of ketones is 1. The van der Waals surface area contributed by atoms with E-state index < -0.39 is 5.97 Å². The summed E-state index contributed by atoms with van der Waals surface area (Å²) in [7, 11) is 0. The van der Waals surface area contributed by atoms with Crippen LogP contribution in [0.15, 0.2) is 60.8 Å². The number of allylic oxidation sites excluding steroid dienone is 10. The molecule has 0 saturated heterocycles. The van der Waals surface area contributed by atoms with Crippen LogP contribution in [0.2, 0.25) is 0 Å². The summed E-state index contributed by atoms with van der Waals surface area (Å²) in [5, 5.41) is 8.47. The molecule has 0 aromatic carbocycles. The lowest BCUT2D eigenvalue weighted by Crippen LogP contribution is -1.97. The van der Waals surface area contributed by atoms with E-state index in [0.29, 0.717) is 6.42 Å². The molecule has 0 saturated carbocycles. The van der Waals surface area contributed by atoms with Gasteiger partial charge < -0.3 is 5.11 Å². The topological polar surface area (TPSA) is 54.4 Å². The Morgan fingerprint density at radius 3 is 1.91 bits per heavy atom. The number of rotatable bonds is 13. The van der Waals surface area contributed by atoms with Crippen molar-refractivity contribution in [2.45, 2.75) is 51.9 Å². The maximum absolute atomic E-state index is 11.4. The molecule has 0 heterocycles. The minimum atomic E-state index is -0.860. The zero-order valence-corrected chi connectivity index (χ0v) is 14.0. The molecule has 126 valence electrons. The zero-order chi connectivity index (χ0) is 17.2. The van der Waals surface area contributed by atoms with Crippen LogP contribution in [0.5, 0.6) is 0 Å². The normalized spacial score (nSPS) is 12.6. The predicted octanol–water partition coefficient (Wildman–Crippen LogP) is 5.17. The van der Waals surface area contributed by atoms with E-state index >= 15 is 0 Å². The highest BCUT2D eigenvalue weighted by molar-refractivity contribution is 5.90. The van der Waals surface area contributed by atoms with E-state index in [-0.39, 0.29) is 18.6 Å². The summed E-state index contributed by atoms with van der Waals surface area (Å²) in [5.74, 6) is -0.894. The second kappa shape index (κ2) is 16.2. The van der Waals surface area contributed by atoms with Gasteiger partial charge in [-0.1, -0.05) is 61.6 Å². The molecular formula is C20H28O3. The summed E-state index contributed by atoms with van der Waals surface area (Å²) in [6.07, 6.45) is 24.4. The fraction of sp³-hybridized carbons (Fsp3) is 0.400. The first-order chi connectivity index (χ1) is 11.2. The Bertz CT molecular complexity index is 465. The minimum absolute atomic E-state index is 0.0336. The van der Waals surface area contributed by atoms with Crippen molar-refractivity contribution < 1.29 is 14.7 Å². The number of carboxylic acids is 1. The highest BCUT2D eigenvalue weighted by Gasteiger charge is 1.99. The minimum Gasteiger partial charge on any atom is -0.481 e. The fourth-order valence-electron chi connectivity index (χ4n) is 1.70. The van der Waals surface area contributed by atoms with Crippen molar-refractivity contribution >= 4 is 11.8 Å².